The minimum absolute atomic E-state index is 0.0193. The van der Waals surface area contributed by atoms with Gasteiger partial charge in [-0.3, -0.25) is 4.57 Å². The number of fused-ring (bicyclic) bond motifs is 1. The molecule has 2 aromatic rings. The number of aromatic hydroxyl groups is 2. The van der Waals surface area contributed by atoms with Gasteiger partial charge >= 0.3 is 0 Å². The van der Waals surface area contributed by atoms with E-state index in [9.17, 15) is 10.2 Å². The molecule has 0 saturated heterocycles. The van der Waals surface area contributed by atoms with Crippen molar-refractivity contribution in [3.05, 3.63) is 39.4 Å². The van der Waals surface area contributed by atoms with E-state index in [-0.39, 0.29) is 11.8 Å². The molecule has 94 valence electrons. The van der Waals surface area contributed by atoms with E-state index >= 15 is 0 Å². The summed E-state index contributed by atoms with van der Waals surface area (Å²) in [6.45, 7) is 1.08. The van der Waals surface area contributed by atoms with Crippen LogP contribution < -0.4 is 5.32 Å². The van der Waals surface area contributed by atoms with Crippen molar-refractivity contribution in [3.8, 4) is 17.4 Å². The van der Waals surface area contributed by atoms with Crippen LogP contribution in [-0.2, 0) is 13.1 Å². The smallest absolute Gasteiger partial charge is 0.203 e. The number of halogens is 2. The van der Waals surface area contributed by atoms with E-state index in [0.29, 0.717) is 39.9 Å². The van der Waals surface area contributed by atoms with Gasteiger partial charge in [-0.1, -0.05) is 23.2 Å². The fraction of sp³-hybridized carbons (Fsp3) is 0.167. The molecular formula is C12H10Cl2N2O2. The van der Waals surface area contributed by atoms with E-state index in [2.05, 4.69) is 5.32 Å². The zero-order valence-electron chi connectivity index (χ0n) is 9.24. The van der Waals surface area contributed by atoms with Gasteiger partial charge in [0, 0.05) is 34.3 Å². The third kappa shape index (κ3) is 1.65. The minimum atomic E-state index is 0.0193. The second-order valence-corrected chi connectivity index (χ2v) is 5.04. The van der Waals surface area contributed by atoms with Gasteiger partial charge in [0.25, 0.3) is 0 Å². The molecule has 0 unspecified atom stereocenters. The van der Waals surface area contributed by atoms with E-state index in [1.807, 2.05) is 0 Å². The number of benzene rings is 1. The molecule has 0 fully saturated rings. The summed E-state index contributed by atoms with van der Waals surface area (Å²) >= 11 is 11.9. The van der Waals surface area contributed by atoms with Crippen molar-refractivity contribution in [2.24, 2.45) is 0 Å². The van der Waals surface area contributed by atoms with Crippen molar-refractivity contribution < 1.29 is 10.2 Å². The van der Waals surface area contributed by atoms with Crippen LogP contribution in [0.15, 0.2) is 18.2 Å². The number of rotatable bonds is 1. The number of hydrogen-bond donors (Lipinski definition) is 3. The average molecular weight is 285 g/mol. The van der Waals surface area contributed by atoms with Crippen molar-refractivity contribution in [1.29, 1.82) is 0 Å². The minimum Gasteiger partial charge on any atom is -0.494 e. The summed E-state index contributed by atoms with van der Waals surface area (Å²) in [5.41, 5.74) is 1.96. The molecular weight excluding hydrogens is 275 g/mol. The maximum atomic E-state index is 10.1. The van der Waals surface area contributed by atoms with E-state index in [0.717, 1.165) is 0 Å². The normalized spacial score (nSPS) is 13.9. The molecule has 0 aliphatic carbocycles. The van der Waals surface area contributed by atoms with Crippen LogP contribution in [0.25, 0.3) is 5.69 Å². The van der Waals surface area contributed by atoms with Crippen molar-refractivity contribution in [2.75, 3.05) is 0 Å². The molecule has 6 heteroatoms. The highest BCUT2D eigenvalue weighted by Crippen LogP contribution is 2.39. The molecule has 0 radical (unpaired) electrons. The molecule has 1 aliphatic rings. The average Bonchev–Trinajstić information content (AvgIpc) is 2.83. The van der Waals surface area contributed by atoms with Crippen molar-refractivity contribution >= 4 is 23.2 Å². The Bertz CT molecular complexity index is 590. The van der Waals surface area contributed by atoms with Gasteiger partial charge in [0.05, 0.1) is 5.69 Å². The van der Waals surface area contributed by atoms with Crippen LogP contribution in [0, 0.1) is 0 Å². The molecule has 1 aromatic carbocycles. The summed E-state index contributed by atoms with van der Waals surface area (Å²) in [6.07, 6.45) is 0. The van der Waals surface area contributed by atoms with Crippen LogP contribution in [0.3, 0.4) is 0 Å². The van der Waals surface area contributed by atoms with Crippen LogP contribution in [-0.4, -0.2) is 14.8 Å². The van der Waals surface area contributed by atoms with Gasteiger partial charge in [-0.2, -0.15) is 0 Å². The summed E-state index contributed by atoms with van der Waals surface area (Å²) in [4.78, 5) is 0. The van der Waals surface area contributed by atoms with Gasteiger partial charge in [-0.25, -0.2) is 0 Å². The quantitative estimate of drug-likeness (QED) is 0.755. The molecule has 0 saturated carbocycles. The summed E-state index contributed by atoms with van der Waals surface area (Å²) in [7, 11) is 0. The molecule has 4 nitrogen and oxygen atoms in total. The van der Waals surface area contributed by atoms with E-state index in [4.69, 9.17) is 23.2 Å². The van der Waals surface area contributed by atoms with Crippen molar-refractivity contribution in [1.82, 2.24) is 9.88 Å². The Balaban J connectivity index is 2.23. The van der Waals surface area contributed by atoms with Crippen LogP contribution in [0.1, 0.15) is 11.1 Å². The first-order chi connectivity index (χ1) is 8.58. The Morgan fingerprint density at radius 3 is 1.94 bits per heavy atom. The fourth-order valence-corrected chi connectivity index (χ4v) is 2.75. The molecule has 2 heterocycles. The van der Waals surface area contributed by atoms with Crippen molar-refractivity contribution in [3.63, 3.8) is 0 Å². The fourth-order valence-electron chi connectivity index (χ4n) is 2.24. The molecule has 1 aliphatic heterocycles. The lowest BCUT2D eigenvalue weighted by Gasteiger charge is -2.09. The highest BCUT2D eigenvalue weighted by Gasteiger charge is 2.26. The van der Waals surface area contributed by atoms with Crippen LogP contribution in [0.5, 0.6) is 11.8 Å². The second-order valence-electron chi connectivity index (χ2n) is 4.17. The third-order valence-corrected chi connectivity index (χ3v) is 3.47. The second kappa shape index (κ2) is 4.09. The lowest BCUT2D eigenvalue weighted by Crippen LogP contribution is -2.04. The third-order valence-electron chi connectivity index (χ3n) is 3.04. The Morgan fingerprint density at radius 1 is 0.944 bits per heavy atom. The van der Waals surface area contributed by atoms with Crippen molar-refractivity contribution in [2.45, 2.75) is 13.1 Å². The Labute approximate surface area is 113 Å². The van der Waals surface area contributed by atoms with Crippen LogP contribution in [0.4, 0.5) is 0 Å². The number of nitrogens with one attached hydrogen (secondary N) is 1. The van der Waals surface area contributed by atoms with Gasteiger partial charge in [0.15, 0.2) is 0 Å². The maximum Gasteiger partial charge on any atom is 0.203 e. The molecule has 0 atom stereocenters. The van der Waals surface area contributed by atoms with Crippen LogP contribution >= 0.6 is 23.2 Å². The molecule has 1 aromatic heterocycles. The van der Waals surface area contributed by atoms with Gasteiger partial charge in [0.1, 0.15) is 0 Å². The Kier molecular flexibility index (Phi) is 2.66. The van der Waals surface area contributed by atoms with Gasteiger partial charge in [-0.05, 0) is 18.2 Å². The number of hydrogen-bond acceptors (Lipinski definition) is 3. The van der Waals surface area contributed by atoms with E-state index in [1.165, 1.54) is 4.57 Å². The summed E-state index contributed by atoms with van der Waals surface area (Å²) in [5.74, 6) is 0.0386. The largest absolute Gasteiger partial charge is 0.494 e. The lowest BCUT2D eigenvalue weighted by molar-refractivity contribution is 0.395. The summed E-state index contributed by atoms with van der Waals surface area (Å²) < 4.78 is 1.35. The van der Waals surface area contributed by atoms with E-state index < -0.39 is 0 Å². The first-order valence-electron chi connectivity index (χ1n) is 5.39. The number of nitrogens with zero attached hydrogens (tertiary/aromatic N) is 1. The van der Waals surface area contributed by atoms with Gasteiger partial charge < -0.3 is 15.5 Å². The Hall–Kier alpha value is -1.36. The molecule has 18 heavy (non-hydrogen) atoms. The first-order valence-corrected chi connectivity index (χ1v) is 6.15. The highest BCUT2D eigenvalue weighted by atomic mass is 35.5. The van der Waals surface area contributed by atoms with Gasteiger partial charge in [-0.15, -0.1) is 0 Å². The van der Waals surface area contributed by atoms with Gasteiger partial charge in [0.2, 0.25) is 11.8 Å². The molecule has 3 rings (SSSR count). The predicted molar refractivity (Wildman–Crippen MR) is 69.7 cm³/mol. The van der Waals surface area contributed by atoms with E-state index in [1.54, 1.807) is 18.2 Å². The lowest BCUT2D eigenvalue weighted by atomic mass is 10.2. The SMILES string of the molecule is Oc1c2c(c(O)n1-c1cc(Cl)cc(Cl)c1)CNC2. The highest BCUT2D eigenvalue weighted by molar-refractivity contribution is 6.34. The molecule has 0 amide bonds. The van der Waals surface area contributed by atoms with Crippen LogP contribution in [0.2, 0.25) is 10.0 Å². The predicted octanol–water partition coefficient (Wildman–Crippen LogP) is 2.80. The standard InChI is InChI=1S/C12H10Cl2N2O2/c13-6-1-7(14)3-8(2-6)16-11(17)9-4-15-5-10(9)12(16)18/h1-3,15,17-18H,4-5H2. The monoisotopic (exact) mass is 284 g/mol. The zero-order valence-corrected chi connectivity index (χ0v) is 10.8. The summed E-state index contributed by atoms with van der Waals surface area (Å²) in [6, 6.07) is 4.87. The summed E-state index contributed by atoms with van der Waals surface area (Å²) in [5, 5.41) is 24.2. The first kappa shape index (κ1) is 11.7. The zero-order chi connectivity index (χ0) is 12.9. The number of aromatic nitrogens is 1. The molecule has 3 N–H and O–H groups in total. The molecule has 0 spiro atoms. The topological polar surface area (TPSA) is 57.4 Å². The molecule has 0 bridgehead atoms. The maximum absolute atomic E-state index is 10.1. The Morgan fingerprint density at radius 2 is 1.44 bits per heavy atom.